The number of halogens is 1. The van der Waals surface area contributed by atoms with Crippen LogP contribution in [0.2, 0.25) is 0 Å². The first-order chi connectivity index (χ1) is 21.5. The van der Waals surface area contributed by atoms with E-state index in [4.69, 9.17) is 29.6 Å². The van der Waals surface area contributed by atoms with Crippen LogP contribution in [0.3, 0.4) is 0 Å². The lowest BCUT2D eigenvalue weighted by molar-refractivity contribution is -0.0592. The summed E-state index contributed by atoms with van der Waals surface area (Å²) < 4.78 is 35.4. The summed E-state index contributed by atoms with van der Waals surface area (Å²) in [5.41, 5.74) is 4.09. The number of hydrogen-bond donors (Lipinski definition) is 0. The lowest BCUT2D eigenvalue weighted by atomic mass is 10.1. The molecule has 3 aliphatic rings. The van der Waals surface area contributed by atoms with Gasteiger partial charge in [0.05, 0.1) is 60.6 Å². The highest BCUT2D eigenvalue weighted by Gasteiger charge is 2.32. The number of carbonyl (C=O) groups is 1. The van der Waals surface area contributed by atoms with Crippen molar-refractivity contribution in [1.29, 1.82) is 5.26 Å². The third kappa shape index (κ3) is 5.79. The van der Waals surface area contributed by atoms with Crippen LogP contribution in [0.4, 0.5) is 4.39 Å². The number of likely N-dealkylation sites (tertiary alicyclic amines) is 1. The number of aromatic nitrogens is 4. The van der Waals surface area contributed by atoms with Crippen molar-refractivity contribution in [1.82, 2.24) is 24.2 Å². The minimum atomic E-state index is -0.443. The van der Waals surface area contributed by atoms with Crippen LogP contribution in [0.15, 0.2) is 42.6 Å². The molecule has 7 rings (SSSR count). The maximum Gasteiger partial charge on any atom is 0.337 e. The Morgan fingerprint density at radius 1 is 1.14 bits per heavy atom. The number of piperidine rings is 1. The molecule has 0 N–H and O–H groups in total. The Kier molecular flexibility index (Phi) is 7.78. The van der Waals surface area contributed by atoms with E-state index in [0.29, 0.717) is 36.0 Å². The first-order valence-corrected chi connectivity index (χ1v) is 15.3. The zero-order valence-corrected chi connectivity index (χ0v) is 24.7. The van der Waals surface area contributed by atoms with Crippen molar-refractivity contribution >= 4 is 17.0 Å². The molecule has 2 aromatic carbocycles. The smallest absolute Gasteiger partial charge is 0.337 e. The van der Waals surface area contributed by atoms with Crippen molar-refractivity contribution < 1.29 is 23.4 Å². The number of ether oxygens (including phenoxy) is 3. The van der Waals surface area contributed by atoms with Gasteiger partial charge in [0.25, 0.3) is 0 Å². The largest absolute Gasteiger partial charge is 0.471 e. The number of rotatable bonds is 10. The van der Waals surface area contributed by atoms with Gasteiger partial charge >= 0.3 is 5.97 Å². The van der Waals surface area contributed by atoms with Gasteiger partial charge in [-0.15, -0.1) is 5.10 Å². The summed E-state index contributed by atoms with van der Waals surface area (Å²) >= 11 is 0. The first kappa shape index (κ1) is 28.5. The van der Waals surface area contributed by atoms with Gasteiger partial charge in [-0.2, -0.15) is 5.26 Å². The van der Waals surface area contributed by atoms with E-state index in [-0.39, 0.29) is 30.3 Å². The summed E-state index contributed by atoms with van der Waals surface area (Å²) in [7, 11) is 1.39. The lowest BCUT2D eigenvalue weighted by Gasteiger charge is -2.32. The zero-order chi connectivity index (χ0) is 30.2. The number of nitriles is 1. The van der Waals surface area contributed by atoms with Gasteiger partial charge < -0.3 is 18.8 Å². The lowest BCUT2D eigenvalue weighted by Crippen LogP contribution is -2.36. The molecule has 44 heavy (non-hydrogen) atoms. The third-order valence-electron chi connectivity index (χ3n) is 9.01. The minimum absolute atomic E-state index is 0.0702. The van der Waals surface area contributed by atoms with Crippen molar-refractivity contribution in [3.05, 3.63) is 76.5 Å². The number of benzene rings is 2. The molecule has 0 amide bonds. The molecule has 1 aliphatic carbocycles. The molecule has 2 saturated heterocycles. The molecule has 4 heterocycles. The van der Waals surface area contributed by atoms with E-state index in [1.54, 1.807) is 18.2 Å². The fourth-order valence-corrected chi connectivity index (χ4v) is 6.16. The summed E-state index contributed by atoms with van der Waals surface area (Å²) in [6, 6.07) is 12.2. The van der Waals surface area contributed by atoms with E-state index in [9.17, 15) is 9.18 Å². The molecular formula is C33H35FN6O4. The third-order valence-corrected chi connectivity index (χ3v) is 9.01. The number of nitrogens with zero attached hydrogens (tertiary/aromatic N) is 6. The normalized spacial score (nSPS) is 19.1. The molecule has 0 spiro atoms. The highest BCUT2D eigenvalue weighted by atomic mass is 19.1. The van der Waals surface area contributed by atoms with Crippen LogP contribution in [0.1, 0.15) is 76.9 Å². The number of hydrogen-bond acceptors (Lipinski definition) is 8. The van der Waals surface area contributed by atoms with E-state index in [1.807, 2.05) is 22.9 Å². The second-order valence-electron chi connectivity index (χ2n) is 12.0. The second-order valence-corrected chi connectivity index (χ2v) is 12.0. The topological polar surface area (TPSA) is 107 Å². The van der Waals surface area contributed by atoms with Crippen LogP contribution in [0, 0.1) is 17.1 Å². The van der Waals surface area contributed by atoms with Gasteiger partial charge in [0.15, 0.2) is 0 Å². The molecular weight excluding hydrogens is 563 g/mol. The SMILES string of the molecule is COC(=O)c1ccc2nc(CN3CCC(n4cc(C5CC5)c(OCc5ccc(C#N)cc5F)n4)CC3)n(CC3CCO3)c2c1. The van der Waals surface area contributed by atoms with Crippen LogP contribution >= 0.6 is 0 Å². The van der Waals surface area contributed by atoms with Gasteiger partial charge in [-0.25, -0.2) is 14.2 Å². The number of methoxy groups -OCH3 is 1. The molecule has 0 bridgehead atoms. The predicted octanol–water partition coefficient (Wildman–Crippen LogP) is 5.11. The minimum Gasteiger partial charge on any atom is -0.471 e. The molecule has 0 radical (unpaired) electrons. The fraction of sp³-hybridized carbons (Fsp3) is 0.455. The molecule has 1 unspecified atom stereocenters. The van der Waals surface area contributed by atoms with E-state index in [0.717, 1.165) is 74.2 Å². The van der Waals surface area contributed by atoms with Gasteiger partial charge in [-0.3, -0.25) is 9.58 Å². The maximum absolute atomic E-state index is 14.4. The Morgan fingerprint density at radius 3 is 2.64 bits per heavy atom. The summed E-state index contributed by atoms with van der Waals surface area (Å²) in [6.07, 6.45) is 7.40. The first-order valence-electron chi connectivity index (χ1n) is 15.3. The highest BCUT2D eigenvalue weighted by Crippen LogP contribution is 2.45. The van der Waals surface area contributed by atoms with E-state index in [1.165, 1.54) is 13.2 Å². The van der Waals surface area contributed by atoms with Gasteiger partial charge in [0.2, 0.25) is 5.88 Å². The van der Waals surface area contributed by atoms with Crippen molar-refractivity contribution in [3.8, 4) is 11.9 Å². The van der Waals surface area contributed by atoms with Crippen molar-refractivity contribution in [2.45, 2.75) is 69.9 Å². The molecule has 2 aliphatic heterocycles. The number of fused-ring (bicyclic) bond motifs is 1. The van der Waals surface area contributed by atoms with Crippen LogP contribution in [0.5, 0.6) is 5.88 Å². The molecule has 1 atom stereocenters. The van der Waals surface area contributed by atoms with Crippen LogP contribution in [-0.2, 0) is 29.2 Å². The second kappa shape index (κ2) is 12.0. The monoisotopic (exact) mass is 598 g/mol. The molecule has 228 valence electrons. The molecule has 10 nitrogen and oxygen atoms in total. The molecule has 11 heteroatoms. The average Bonchev–Trinajstić information content (AvgIpc) is 3.69. The van der Waals surface area contributed by atoms with Crippen molar-refractivity contribution in [2.75, 3.05) is 26.8 Å². The zero-order valence-electron chi connectivity index (χ0n) is 24.7. The Bertz CT molecular complexity index is 1730. The van der Waals surface area contributed by atoms with Gasteiger partial charge in [-0.1, -0.05) is 6.07 Å². The number of imidazole rings is 1. The van der Waals surface area contributed by atoms with Crippen LogP contribution in [-0.4, -0.2) is 63.1 Å². The summed E-state index contributed by atoms with van der Waals surface area (Å²) in [6.45, 7) is 4.06. The Labute approximate surface area is 254 Å². The molecule has 3 fully saturated rings. The maximum atomic E-state index is 14.4. The van der Waals surface area contributed by atoms with Crippen molar-refractivity contribution in [3.63, 3.8) is 0 Å². The number of esters is 1. The van der Waals surface area contributed by atoms with E-state index >= 15 is 0 Å². The van der Waals surface area contributed by atoms with E-state index < -0.39 is 5.82 Å². The summed E-state index contributed by atoms with van der Waals surface area (Å²) in [5.74, 6) is 1.19. The van der Waals surface area contributed by atoms with Crippen LogP contribution < -0.4 is 4.74 Å². The van der Waals surface area contributed by atoms with E-state index in [2.05, 4.69) is 15.7 Å². The predicted molar refractivity (Wildman–Crippen MR) is 159 cm³/mol. The van der Waals surface area contributed by atoms with Gasteiger partial charge in [0.1, 0.15) is 18.2 Å². The van der Waals surface area contributed by atoms with Crippen LogP contribution in [0.25, 0.3) is 11.0 Å². The van der Waals surface area contributed by atoms with Gasteiger partial charge in [-0.05, 0) is 68.4 Å². The van der Waals surface area contributed by atoms with Crippen molar-refractivity contribution in [2.24, 2.45) is 0 Å². The fourth-order valence-electron chi connectivity index (χ4n) is 6.16. The Hall–Kier alpha value is -4.27. The number of carbonyl (C=O) groups excluding carboxylic acids is 1. The highest BCUT2D eigenvalue weighted by molar-refractivity contribution is 5.93. The molecule has 4 aromatic rings. The molecule has 1 saturated carbocycles. The summed E-state index contributed by atoms with van der Waals surface area (Å²) in [4.78, 5) is 19.6. The quantitative estimate of drug-likeness (QED) is 0.232. The standard InChI is InChI=1S/C33H35FN6O4/c1-42-33(41)23-6-7-29-30(15-23)39(17-26-10-13-43-26)31(36-29)19-38-11-8-25(9-12-38)40-18-27(22-4-5-22)32(37-40)44-20-24-3-2-21(16-35)14-28(24)34/h2-3,6-7,14-15,18,22,25-26H,4-5,8-13,17,19-20H2,1H3. The Balaban J connectivity index is 1.03. The average molecular weight is 599 g/mol. The van der Waals surface area contributed by atoms with Gasteiger partial charge in [0, 0.05) is 37.0 Å². The Morgan fingerprint density at radius 2 is 1.95 bits per heavy atom. The summed E-state index contributed by atoms with van der Waals surface area (Å²) in [5, 5.41) is 13.9. The molecule has 2 aromatic heterocycles.